The van der Waals surface area contributed by atoms with Crippen LogP contribution >= 0.6 is 0 Å². The number of hydrogen-bond acceptors (Lipinski definition) is 5. The lowest BCUT2D eigenvalue weighted by Gasteiger charge is -2.07. The van der Waals surface area contributed by atoms with E-state index < -0.39 is 0 Å². The Morgan fingerprint density at radius 3 is 2.68 bits per heavy atom. The molecule has 19 heavy (non-hydrogen) atoms. The standard InChI is InChI=1S/C13H14N4O2/c1-9-7-13(16-10(2)15-9)14-8-11-5-3-4-6-12(11)17(18)19/h3-7H,8H2,1-2H3,(H,14,15,16). The lowest BCUT2D eigenvalue weighted by atomic mass is 10.2. The Morgan fingerprint density at radius 1 is 1.26 bits per heavy atom. The molecule has 0 radical (unpaired) electrons. The van der Waals surface area contributed by atoms with E-state index in [2.05, 4.69) is 15.3 Å². The van der Waals surface area contributed by atoms with Crippen molar-refractivity contribution < 1.29 is 4.92 Å². The number of nitrogens with one attached hydrogen (secondary N) is 1. The Hall–Kier alpha value is -2.50. The molecule has 1 N–H and O–H groups in total. The van der Waals surface area contributed by atoms with E-state index in [4.69, 9.17) is 0 Å². The monoisotopic (exact) mass is 258 g/mol. The molecule has 0 fully saturated rings. The minimum Gasteiger partial charge on any atom is -0.366 e. The molecule has 0 saturated carbocycles. The zero-order valence-corrected chi connectivity index (χ0v) is 10.8. The van der Waals surface area contributed by atoms with Crippen molar-refractivity contribution in [3.8, 4) is 0 Å². The van der Waals surface area contributed by atoms with Gasteiger partial charge in [-0.3, -0.25) is 10.1 Å². The fourth-order valence-electron chi connectivity index (χ4n) is 1.83. The van der Waals surface area contributed by atoms with Crippen molar-refractivity contribution in [1.82, 2.24) is 9.97 Å². The highest BCUT2D eigenvalue weighted by molar-refractivity contribution is 5.44. The van der Waals surface area contributed by atoms with Gasteiger partial charge in [-0.25, -0.2) is 9.97 Å². The number of benzene rings is 1. The zero-order chi connectivity index (χ0) is 13.8. The lowest BCUT2D eigenvalue weighted by Crippen LogP contribution is -2.05. The molecule has 0 amide bonds. The van der Waals surface area contributed by atoms with Gasteiger partial charge in [0.05, 0.1) is 4.92 Å². The zero-order valence-electron chi connectivity index (χ0n) is 10.8. The molecule has 0 aliphatic heterocycles. The number of nitro benzene ring substituents is 1. The Labute approximate surface area is 110 Å². The normalized spacial score (nSPS) is 10.2. The first kappa shape index (κ1) is 12.9. The second-order valence-electron chi connectivity index (χ2n) is 4.18. The van der Waals surface area contributed by atoms with E-state index in [1.54, 1.807) is 18.2 Å². The second kappa shape index (κ2) is 5.43. The smallest absolute Gasteiger partial charge is 0.274 e. The number of anilines is 1. The third-order valence-corrected chi connectivity index (χ3v) is 2.61. The molecule has 2 aromatic rings. The van der Waals surface area contributed by atoms with Gasteiger partial charge in [0.15, 0.2) is 0 Å². The fraction of sp³-hybridized carbons (Fsp3) is 0.231. The summed E-state index contributed by atoms with van der Waals surface area (Å²) in [7, 11) is 0. The van der Waals surface area contributed by atoms with Crippen LogP contribution in [0.1, 0.15) is 17.1 Å². The third-order valence-electron chi connectivity index (χ3n) is 2.61. The van der Waals surface area contributed by atoms with Crippen molar-refractivity contribution >= 4 is 11.5 Å². The minimum absolute atomic E-state index is 0.109. The number of nitrogens with zero attached hydrogens (tertiary/aromatic N) is 3. The van der Waals surface area contributed by atoms with Crippen molar-refractivity contribution in [1.29, 1.82) is 0 Å². The maximum atomic E-state index is 10.9. The topological polar surface area (TPSA) is 81.0 Å². The largest absolute Gasteiger partial charge is 0.366 e. The van der Waals surface area contributed by atoms with Crippen molar-refractivity contribution in [3.63, 3.8) is 0 Å². The Kier molecular flexibility index (Phi) is 3.70. The summed E-state index contributed by atoms with van der Waals surface area (Å²) < 4.78 is 0. The van der Waals surface area contributed by atoms with Gasteiger partial charge in [-0.15, -0.1) is 0 Å². The van der Waals surface area contributed by atoms with Crippen LogP contribution in [-0.4, -0.2) is 14.9 Å². The number of rotatable bonds is 4. The first-order valence-corrected chi connectivity index (χ1v) is 5.84. The van der Waals surface area contributed by atoms with E-state index >= 15 is 0 Å². The van der Waals surface area contributed by atoms with Gasteiger partial charge in [0.2, 0.25) is 0 Å². The molecule has 0 unspecified atom stereocenters. The molecule has 0 aliphatic rings. The van der Waals surface area contributed by atoms with Gasteiger partial charge < -0.3 is 5.32 Å². The summed E-state index contributed by atoms with van der Waals surface area (Å²) in [4.78, 5) is 18.9. The van der Waals surface area contributed by atoms with Crippen LogP contribution in [0.5, 0.6) is 0 Å². The molecule has 0 aliphatic carbocycles. The number of para-hydroxylation sites is 1. The van der Waals surface area contributed by atoms with E-state index in [1.807, 2.05) is 19.9 Å². The Balaban J connectivity index is 2.16. The van der Waals surface area contributed by atoms with Gasteiger partial charge in [-0.1, -0.05) is 18.2 Å². The van der Waals surface area contributed by atoms with Crippen LogP contribution in [0, 0.1) is 24.0 Å². The van der Waals surface area contributed by atoms with Crippen molar-refractivity contribution in [2.24, 2.45) is 0 Å². The average Bonchev–Trinajstić information content (AvgIpc) is 2.35. The van der Waals surface area contributed by atoms with Crippen molar-refractivity contribution in [2.45, 2.75) is 20.4 Å². The van der Waals surface area contributed by atoms with E-state index in [9.17, 15) is 10.1 Å². The fourth-order valence-corrected chi connectivity index (χ4v) is 1.83. The molecule has 0 atom stereocenters. The minimum atomic E-state index is -0.381. The summed E-state index contributed by atoms with van der Waals surface area (Å²) in [5.41, 5.74) is 1.59. The Morgan fingerprint density at radius 2 is 2.00 bits per heavy atom. The summed E-state index contributed by atoms with van der Waals surface area (Å²) in [6.07, 6.45) is 0. The molecule has 0 bridgehead atoms. The van der Waals surface area contributed by atoms with Gasteiger partial charge in [-0.05, 0) is 13.8 Å². The van der Waals surface area contributed by atoms with Gasteiger partial charge in [0, 0.05) is 29.9 Å². The summed E-state index contributed by atoms with van der Waals surface area (Å²) >= 11 is 0. The predicted molar refractivity (Wildman–Crippen MR) is 71.9 cm³/mol. The number of nitro groups is 1. The number of hydrogen-bond donors (Lipinski definition) is 1. The van der Waals surface area contributed by atoms with E-state index in [-0.39, 0.29) is 10.6 Å². The predicted octanol–water partition coefficient (Wildman–Crippen LogP) is 2.61. The lowest BCUT2D eigenvalue weighted by molar-refractivity contribution is -0.385. The van der Waals surface area contributed by atoms with Crippen LogP contribution in [0.2, 0.25) is 0 Å². The van der Waals surface area contributed by atoms with Crippen LogP contribution < -0.4 is 5.32 Å². The molecule has 1 aromatic heterocycles. The molecule has 6 nitrogen and oxygen atoms in total. The van der Waals surface area contributed by atoms with Gasteiger partial charge in [-0.2, -0.15) is 0 Å². The maximum Gasteiger partial charge on any atom is 0.274 e. The molecule has 0 spiro atoms. The summed E-state index contributed by atoms with van der Waals surface area (Å²) in [6.45, 7) is 4.04. The molecule has 6 heteroatoms. The average molecular weight is 258 g/mol. The number of aromatic nitrogens is 2. The third kappa shape index (κ3) is 3.25. The van der Waals surface area contributed by atoms with E-state index in [1.165, 1.54) is 6.07 Å². The van der Waals surface area contributed by atoms with Crippen LogP contribution in [-0.2, 0) is 6.54 Å². The summed E-state index contributed by atoms with van der Waals surface area (Å²) in [5, 5.41) is 14.0. The highest BCUT2D eigenvalue weighted by atomic mass is 16.6. The van der Waals surface area contributed by atoms with Crippen LogP contribution in [0.25, 0.3) is 0 Å². The highest BCUT2D eigenvalue weighted by Crippen LogP contribution is 2.18. The van der Waals surface area contributed by atoms with Crippen molar-refractivity contribution in [3.05, 3.63) is 57.5 Å². The van der Waals surface area contributed by atoms with Crippen LogP contribution in [0.15, 0.2) is 30.3 Å². The number of aryl methyl sites for hydroxylation is 2. The molecule has 1 heterocycles. The molecule has 0 saturated heterocycles. The SMILES string of the molecule is Cc1cc(NCc2ccccc2[N+](=O)[O-])nc(C)n1. The first-order chi connectivity index (χ1) is 9.06. The molecule has 1 aromatic carbocycles. The molecule has 2 rings (SSSR count). The van der Waals surface area contributed by atoms with E-state index in [0.29, 0.717) is 23.8 Å². The Bertz CT molecular complexity index is 593. The highest BCUT2D eigenvalue weighted by Gasteiger charge is 2.11. The van der Waals surface area contributed by atoms with Gasteiger partial charge in [0.25, 0.3) is 5.69 Å². The van der Waals surface area contributed by atoms with Crippen LogP contribution in [0.4, 0.5) is 11.5 Å². The van der Waals surface area contributed by atoms with E-state index in [0.717, 1.165) is 5.69 Å². The summed E-state index contributed by atoms with van der Waals surface area (Å²) in [6, 6.07) is 8.46. The summed E-state index contributed by atoms with van der Waals surface area (Å²) in [5.74, 6) is 1.34. The van der Waals surface area contributed by atoms with Crippen LogP contribution in [0.3, 0.4) is 0 Å². The van der Waals surface area contributed by atoms with Gasteiger partial charge in [0.1, 0.15) is 11.6 Å². The quantitative estimate of drug-likeness (QED) is 0.673. The maximum absolute atomic E-state index is 10.9. The van der Waals surface area contributed by atoms with Gasteiger partial charge >= 0.3 is 0 Å². The van der Waals surface area contributed by atoms with Crippen molar-refractivity contribution in [2.75, 3.05) is 5.32 Å². The molecule has 98 valence electrons. The second-order valence-corrected chi connectivity index (χ2v) is 4.18. The molecular formula is C13H14N4O2. The first-order valence-electron chi connectivity index (χ1n) is 5.84. The molecular weight excluding hydrogens is 244 g/mol.